The SMILES string of the molecule is O=C(c1ccc(F)cc1)N1CCN(Cc2ccccc2-c2ccccc2F)CC1. The molecule has 3 aromatic carbocycles. The van der Waals surface area contributed by atoms with E-state index in [9.17, 15) is 13.6 Å². The molecule has 0 N–H and O–H groups in total. The molecular formula is C24H22F2N2O. The number of hydrogen-bond donors (Lipinski definition) is 0. The van der Waals surface area contributed by atoms with E-state index < -0.39 is 0 Å². The molecule has 0 atom stereocenters. The molecule has 1 saturated heterocycles. The van der Waals surface area contributed by atoms with Crippen LogP contribution in [0.1, 0.15) is 15.9 Å². The molecule has 4 rings (SSSR count). The van der Waals surface area contributed by atoms with Gasteiger partial charge in [-0.2, -0.15) is 0 Å². The van der Waals surface area contributed by atoms with Crippen LogP contribution in [0.3, 0.4) is 0 Å². The van der Waals surface area contributed by atoms with Crippen molar-refractivity contribution in [3.05, 3.63) is 95.6 Å². The number of carbonyl (C=O) groups is 1. The standard InChI is InChI=1S/C24H22F2N2O/c25-20-11-9-18(10-12-20)24(29)28-15-13-27(14-16-28)17-19-5-1-2-6-21(19)22-7-3-4-8-23(22)26/h1-12H,13-17H2. The lowest BCUT2D eigenvalue weighted by molar-refractivity contribution is 0.0628. The Labute approximate surface area is 169 Å². The van der Waals surface area contributed by atoms with E-state index in [1.165, 1.54) is 30.3 Å². The first-order valence-electron chi connectivity index (χ1n) is 9.72. The first kappa shape index (κ1) is 19.3. The van der Waals surface area contributed by atoms with E-state index in [4.69, 9.17) is 0 Å². The van der Waals surface area contributed by atoms with Crippen LogP contribution in [0, 0.1) is 11.6 Å². The summed E-state index contributed by atoms with van der Waals surface area (Å²) >= 11 is 0. The van der Waals surface area contributed by atoms with Crippen LogP contribution in [0.15, 0.2) is 72.8 Å². The molecule has 0 radical (unpaired) electrons. The predicted molar refractivity (Wildman–Crippen MR) is 109 cm³/mol. The van der Waals surface area contributed by atoms with Gasteiger partial charge >= 0.3 is 0 Å². The smallest absolute Gasteiger partial charge is 0.253 e. The van der Waals surface area contributed by atoms with Crippen LogP contribution < -0.4 is 0 Å². The zero-order chi connectivity index (χ0) is 20.2. The number of rotatable bonds is 4. The van der Waals surface area contributed by atoms with Gasteiger partial charge in [0, 0.05) is 43.9 Å². The number of piperazine rings is 1. The quantitative estimate of drug-likeness (QED) is 0.648. The molecule has 29 heavy (non-hydrogen) atoms. The highest BCUT2D eigenvalue weighted by Crippen LogP contribution is 2.27. The second-order valence-electron chi connectivity index (χ2n) is 7.21. The Morgan fingerprint density at radius 3 is 2.07 bits per heavy atom. The maximum atomic E-state index is 14.3. The minimum Gasteiger partial charge on any atom is -0.336 e. The molecule has 1 heterocycles. The van der Waals surface area contributed by atoms with Gasteiger partial charge in [0.2, 0.25) is 0 Å². The fraction of sp³-hybridized carbons (Fsp3) is 0.208. The second kappa shape index (κ2) is 8.53. The molecule has 5 heteroatoms. The van der Waals surface area contributed by atoms with Crippen LogP contribution in [0.2, 0.25) is 0 Å². The van der Waals surface area contributed by atoms with Gasteiger partial charge in [-0.15, -0.1) is 0 Å². The van der Waals surface area contributed by atoms with Gasteiger partial charge in [-0.1, -0.05) is 42.5 Å². The van der Waals surface area contributed by atoms with E-state index in [1.54, 1.807) is 17.0 Å². The van der Waals surface area contributed by atoms with E-state index in [0.29, 0.717) is 30.8 Å². The third-order valence-corrected chi connectivity index (χ3v) is 5.33. The summed E-state index contributed by atoms with van der Waals surface area (Å²) in [6, 6.07) is 20.3. The lowest BCUT2D eigenvalue weighted by Crippen LogP contribution is -2.48. The zero-order valence-electron chi connectivity index (χ0n) is 16.0. The van der Waals surface area contributed by atoms with Crippen molar-refractivity contribution in [3.8, 4) is 11.1 Å². The molecule has 1 fully saturated rings. The van der Waals surface area contributed by atoms with Crippen LogP contribution in [0.25, 0.3) is 11.1 Å². The molecule has 0 spiro atoms. The first-order chi connectivity index (χ1) is 14.1. The van der Waals surface area contributed by atoms with Crippen molar-refractivity contribution in [1.29, 1.82) is 0 Å². The maximum Gasteiger partial charge on any atom is 0.253 e. The molecule has 3 nitrogen and oxygen atoms in total. The average molecular weight is 392 g/mol. The van der Waals surface area contributed by atoms with E-state index in [0.717, 1.165) is 24.2 Å². The number of hydrogen-bond acceptors (Lipinski definition) is 2. The Bertz CT molecular complexity index is 996. The van der Waals surface area contributed by atoms with Gasteiger partial charge in [0.25, 0.3) is 5.91 Å². The Kier molecular flexibility index (Phi) is 5.67. The maximum absolute atomic E-state index is 14.3. The molecule has 0 bridgehead atoms. The summed E-state index contributed by atoms with van der Waals surface area (Å²) in [6.07, 6.45) is 0. The molecule has 148 valence electrons. The van der Waals surface area contributed by atoms with Crippen LogP contribution in [0.4, 0.5) is 8.78 Å². The molecule has 1 aliphatic heterocycles. The number of carbonyl (C=O) groups excluding carboxylic acids is 1. The summed E-state index contributed by atoms with van der Waals surface area (Å²) in [5.74, 6) is -0.647. The third-order valence-electron chi connectivity index (χ3n) is 5.33. The Hall–Kier alpha value is -3.05. The summed E-state index contributed by atoms with van der Waals surface area (Å²) in [4.78, 5) is 16.7. The van der Waals surface area contributed by atoms with E-state index in [2.05, 4.69) is 4.90 Å². The van der Waals surface area contributed by atoms with Crippen LogP contribution in [-0.2, 0) is 6.54 Å². The van der Waals surface area contributed by atoms with E-state index in [-0.39, 0.29) is 17.5 Å². The number of halogens is 2. The average Bonchev–Trinajstić information content (AvgIpc) is 2.75. The summed E-state index contributed by atoms with van der Waals surface area (Å²) < 4.78 is 27.4. The molecule has 0 saturated carbocycles. The van der Waals surface area contributed by atoms with E-state index >= 15 is 0 Å². The van der Waals surface area contributed by atoms with Gasteiger partial charge in [-0.25, -0.2) is 8.78 Å². The highest BCUT2D eigenvalue weighted by Gasteiger charge is 2.23. The fourth-order valence-corrected chi connectivity index (χ4v) is 3.73. The van der Waals surface area contributed by atoms with Crippen molar-refractivity contribution in [2.24, 2.45) is 0 Å². The van der Waals surface area contributed by atoms with Crippen LogP contribution in [0.5, 0.6) is 0 Å². The summed E-state index contributed by atoms with van der Waals surface area (Å²) in [5.41, 5.74) is 3.07. The monoisotopic (exact) mass is 392 g/mol. The lowest BCUT2D eigenvalue weighted by Gasteiger charge is -2.35. The molecular weight excluding hydrogens is 370 g/mol. The predicted octanol–water partition coefficient (Wildman–Crippen LogP) is 4.59. The second-order valence-corrected chi connectivity index (χ2v) is 7.21. The summed E-state index contributed by atoms with van der Waals surface area (Å²) in [7, 11) is 0. The van der Waals surface area contributed by atoms with Crippen molar-refractivity contribution in [2.45, 2.75) is 6.54 Å². The van der Waals surface area contributed by atoms with Crippen molar-refractivity contribution in [3.63, 3.8) is 0 Å². The zero-order valence-corrected chi connectivity index (χ0v) is 16.0. The van der Waals surface area contributed by atoms with Gasteiger partial charge in [-0.05, 0) is 41.5 Å². The van der Waals surface area contributed by atoms with Crippen molar-refractivity contribution in [2.75, 3.05) is 26.2 Å². The molecule has 0 aromatic heterocycles. The Morgan fingerprint density at radius 2 is 1.38 bits per heavy atom. The van der Waals surface area contributed by atoms with Gasteiger partial charge in [-0.3, -0.25) is 9.69 Å². The van der Waals surface area contributed by atoms with Crippen molar-refractivity contribution >= 4 is 5.91 Å². The topological polar surface area (TPSA) is 23.6 Å². The van der Waals surface area contributed by atoms with E-state index in [1.807, 2.05) is 30.3 Å². The van der Waals surface area contributed by atoms with Gasteiger partial charge in [0.05, 0.1) is 0 Å². The fourth-order valence-electron chi connectivity index (χ4n) is 3.73. The number of nitrogens with zero attached hydrogens (tertiary/aromatic N) is 2. The minimum atomic E-state index is -0.347. The molecule has 1 aliphatic rings. The lowest BCUT2D eigenvalue weighted by atomic mass is 9.98. The van der Waals surface area contributed by atoms with Gasteiger partial charge in [0.15, 0.2) is 0 Å². The minimum absolute atomic E-state index is 0.0728. The Balaban J connectivity index is 1.42. The summed E-state index contributed by atoms with van der Waals surface area (Å²) in [5, 5.41) is 0. The van der Waals surface area contributed by atoms with Crippen molar-refractivity contribution < 1.29 is 13.6 Å². The highest BCUT2D eigenvalue weighted by atomic mass is 19.1. The molecule has 3 aromatic rings. The molecule has 0 unspecified atom stereocenters. The van der Waals surface area contributed by atoms with Gasteiger partial charge < -0.3 is 4.90 Å². The number of amides is 1. The van der Waals surface area contributed by atoms with Crippen LogP contribution >= 0.6 is 0 Å². The van der Waals surface area contributed by atoms with Crippen LogP contribution in [-0.4, -0.2) is 41.9 Å². The van der Waals surface area contributed by atoms with Crippen molar-refractivity contribution in [1.82, 2.24) is 9.80 Å². The largest absolute Gasteiger partial charge is 0.336 e. The first-order valence-corrected chi connectivity index (χ1v) is 9.72. The molecule has 0 aliphatic carbocycles. The summed E-state index contributed by atoms with van der Waals surface area (Å²) in [6.45, 7) is 3.39. The molecule has 1 amide bonds. The van der Waals surface area contributed by atoms with Gasteiger partial charge in [0.1, 0.15) is 11.6 Å². The Morgan fingerprint density at radius 1 is 0.759 bits per heavy atom. The highest BCUT2D eigenvalue weighted by molar-refractivity contribution is 5.94. The third kappa shape index (κ3) is 4.35. The number of benzene rings is 3. The normalized spacial score (nSPS) is 14.8.